The van der Waals surface area contributed by atoms with Crippen molar-refractivity contribution < 1.29 is 0 Å². The van der Waals surface area contributed by atoms with Crippen LogP contribution in [0, 0.1) is 11.3 Å². The molecule has 0 spiro atoms. The summed E-state index contributed by atoms with van der Waals surface area (Å²) in [5.74, 6) is -0.221. The van der Waals surface area contributed by atoms with E-state index in [-0.39, 0.29) is 22.6 Å². The molecule has 0 aliphatic carbocycles. The van der Waals surface area contributed by atoms with Crippen LogP contribution in [0.4, 0.5) is 0 Å². The molecule has 1 atom stereocenters. The molecule has 0 fully saturated rings. The number of nitrogens with zero attached hydrogens (tertiary/aromatic N) is 3. The first-order chi connectivity index (χ1) is 6.70. The average Bonchev–Trinajstić information content (AvgIpc) is 2.16. The summed E-state index contributed by atoms with van der Waals surface area (Å²) >= 11 is 11.7. The topological polar surface area (TPSA) is 49.6 Å². The summed E-state index contributed by atoms with van der Waals surface area (Å²) in [5, 5.41) is 9.12. The van der Waals surface area contributed by atoms with Crippen LogP contribution in [0.3, 0.4) is 0 Å². The SMILES string of the molecule is C=CC(CC#N)c1c(Cl)ncnc1Cl. The first-order valence-electron chi connectivity index (χ1n) is 3.86. The van der Waals surface area contributed by atoms with Crippen molar-refractivity contribution in [2.75, 3.05) is 0 Å². The van der Waals surface area contributed by atoms with Crippen LogP contribution in [0.5, 0.6) is 0 Å². The van der Waals surface area contributed by atoms with Gasteiger partial charge >= 0.3 is 0 Å². The van der Waals surface area contributed by atoms with E-state index in [1.165, 1.54) is 6.33 Å². The first kappa shape index (κ1) is 11.0. The van der Waals surface area contributed by atoms with Gasteiger partial charge < -0.3 is 0 Å². The number of rotatable bonds is 3. The zero-order valence-corrected chi connectivity index (χ0v) is 8.76. The van der Waals surface area contributed by atoms with Crippen LogP contribution in [0.1, 0.15) is 17.9 Å². The molecular formula is C9H7Cl2N3. The molecule has 1 heterocycles. The minimum Gasteiger partial charge on any atom is -0.224 e. The zero-order valence-electron chi connectivity index (χ0n) is 7.24. The van der Waals surface area contributed by atoms with Gasteiger partial charge in [0.1, 0.15) is 16.6 Å². The summed E-state index contributed by atoms with van der Waals surface area (Å²) in [6, 6.07) is 2.03. The molecular weight excluding hydrogens is 221 g/mol. The molecule has 0 saturated heterocycles. The molecule has 1 unspecified atom stereocenters. The number of nitriles is 1. The van der Waals surface area contributed by atoms with E-state index in [1.54, 1.807) is 6.08 Å². The lowest BCUT2D eigenvalue weighted by Gasteiger charge is -2.10. The summed E-state index contributed by atoms with van der Waals surface area (Å²) in [4.78, 5) is 7.61. The maximum Gasteiger partial charge on any atom is 0.137 e. The van der Waals surface area contributed by atoms with E-state index in [0.29, 0.717) is 5.56 Å². The van der Waals surface area contributed by atoms with E-state index in [1.807, 2.05) is 6.07 Å². The molecule has 5 heteroatoms. The Hall–Kier alpha value is -1.11. The number of hydrogen-bond donors (Lipinski definition) is 0. The van der Waals surface area contributed by atoms with Gasteiger partial charge in [-0.2, -0.15) is 5.26 Å². The zero-order chi connectivity index (χ0) is 10.6. The Morgan fingerprint density at radius 1 is 1.50 bits per heavy atom. The molecule has 0 aromatic carbocycles. The third kappa shape index (κ3) is 2.22. The van der Waals surface area contributed by atoms with Crippen molar-refractivity contribution in [3.63, 3.8) is 0 Å². The fourth-order valence-electron chi connectivity index (χ4n) is 1.06. The molecule has 3 nitrogen and oxygen atoms in total. The molecule has 0 aliphatic rings. The molecule has 0 aliphatic heterocycles. The van der Waals surface area contributed by atoms with E-state index in [0.717, 1.165) is 0 Å². The van der Waals surface area contributed by atoms with Crippen LogP contribution in [0.2, 0.25) is 10.3 Å². The highest BCUT2D eigenvalue weighted by atomic mass is 35.5. The molecule has 14 heavy (non-hydrogen) atoms. The van der Waals surface area contributed by atoms with Crippen molar-refractivity contribution in [1.29, 1.82) is 5.26 Å². The van der Waals surface area contributed by atoms with E-state index >= 15 is 0 Å². The van der Waals surface area contributed by atoms with Crippen molar-refractivity contribution >= 4 is 23.2 Å². The predicted octanol–water partition coefficient (Wildman–Crippen LogP) is 2.97. The molecule has 1 aromatic rings. The van der Waals surface area contributed by atoms with Crippen LogP contribution in [-0.4, -0.2) is 9.97 Å². The normalized spacial score (nSPS) is 11.8. The van der Waals surface area contributed by atoms with Crippen molar-refractivity contribution in [3.8, 4) is 6.07 Å². The van der Waals surface area contributed by atoms with Crippen LogP contribution < -0.4 is 0 Å². The summed E-state index contributed by atoms with van der Waals surface area (Å²) in [7, 11) is 0. The Kier molecular flexibility index (Phi) is 3.87. The third-order valence-corrected chi connectivity index (χ3v) is 2.36. The molecule has 1 rings (SSSR count). The quantitative estimate of drug-likeness (QED) is 0.590. The standard InChI is InChI=1S/C9H7Cl2N3/c1-2-6(3-4-12)7-8(10)13-5-14-9(7)11/h2,5-6H,1,3H2. The maximum absolute atomic E-state index is 8.59. The molecule has 1 aromatic heterocycles. The van der Waals surface area contributed by atoms with Crippen LogP contribution in [-0.2, 0) is 0 Å². The summed E-state index contributed by atoms with van der Waals surface area (Å²) < 4.78 is 0. The van der Waals surface area contributed by atoms with Crippen molar-refractivity contribution in [2.24, 2.45) is 0 Å². The Balaban J connectivity index is 3.16. The van der Waals surface area contributed by atoms with Gasteiger partial charge in [0.15, 0.2) is 0 Å². The molecule has 0 bridgehead atoms. The second-order valence-corrected chi connectivity index (χ2v) is 3.29. The molecule has 0 radical (unpaired) electrons. The molecule has 0 amide bonds. The Labute approximate surface area is 92.0 Å². The largest absolute Gasteiger partial charge is 0.224 e. The number of hydrogen-bond acceptors (Lipinski definition) is 3. The lowest BCUT2D eigenvalue weighted by atomic mass is 9.99. The van der Waals surface area contributed by atoms with E-state index in [9.17, 15) is 0 Å². The highest BCUT2D eigenvalue weighted by Crippen LogP contribution is 2.30. The molecule has 72 valence electrons. The fraction of sp³-hybridized carbons (Fsp3) is 0.222. The number of allylic oxidation sites excluding steroid dienone is 1. The van der Waals surface area contributed by atoms with Gasteiger partial charge in [0.25, 0.3) is 0 Å². The average molecular weight is 228 g/mol. The minimum atomic E-state index is -0.221. The maximum atomic E-state index is 8.59. The Morgan fingerprint density at radius 2 is 2.07 bits per heavy atom. The van der Waals surface area contributed by atoms with Crippen molar-refractivity contribution in [1.82, 2.24) is 9.97 Å². The number of aromatic nitrogens is 2. The van der Waals surface area contributed by atoms with Gasteiger partial charge in [0.05, 0.1) is 6.07 Å². The monoisotopic (exact) mass is 227 g/mol. The van der Waals surface area contributed by atoms with Crippen LogP contribution >= 0.6 is 23.2 Å². The Morgan fingerprint density at radius 3 is 2.50 bits per heavy atom. The van der Waals surface area contributed by atoms with Gasteiger partial charge in [-0.3, -0.25) is 0 Å². The second kappa shape index (κ2) is 4.94. The van der Waals surface area contributed by atoms with Gasteiger partial charge in [0.2, 0.25) is 0 Å². The first-order valence-corrected chi connectivity index (χ1v) is 4.61. The van der Waals surface area contributed by atoms with E-state index < -0.39 is 0 Å². The predicted molar refractivity (Wildman–Crippen MR) is 55.2 cm³/mol. The summed E-state index contributed by atoms with van der Waals surface area (Å²) in [6.45, 7) is 3.61. The second-order valence-electron chi connectivity index (χ2n) is 2.57. The number of halogens is 2. The van der Waals surface area contributed by atoms with Gasteiger partial charge in [0, 0.05) is 17.9 Å². The van der Waals surface area contributed by atoms with Crippen molar-refractivity contribution in [2.45, 2.75) is 12.3 Å². The van der Waals surface area contributed by atoms with Gasteiger partial charge in [-0.1, -0.05) is 29.3 Å². The summed E-state index contributed by atoms with van der Waals surface area (Å²) in [6.07, 6.45) is 3.15. The van der Waals surface area contributed by atoms with Gasteiger partial charge in [-0.25, -0.2) is 9.97 Å². The minimum absolute atomic E-state index is 0.221. The van der Waals surface area contributed by atoms with Crippen LogP contribution in [0.15, 0.2) is 19.0 Å². The highest BCUT2D eigenvalue weighted by Gasteiger charge is 2.16. The van der Waals surface area contributed by atoms with E-state index in [4.69, 9.17) is 28.5 Å². The fourth-order valence-corrected chi connectivity index (χ4v) is 1.66. The van der Waals surface area contributed by atoms with Gasteiger partial charge in [-0.15, -0.1) is 6.58 Å². The van der Waals surface area contributed by atoms with Gasteiger partial charge in [-0.05, 0) is 0 Å². The third-order valence-electron chi connectivity index (χ3n) is 1.75. The molecule has 0 N–H and O–H groups in total. The lowest BCUT2D eigenvalue weighted by Crippen LogP contribution is -1.99. The van der Waals surface area contributed by atoms with E-state index in [2.05, 4.69) is 16.5 Å². The van der Waals surface area contributed by atoms with Crippen LogP contribution in [0.25, 0.3) is 0 Å². The smallest absolute Gasteiger partial charge is 0.137 e. The lowest BCUT2D eigenvalue weighted by molar-refractivity contribution is 0.856. The summed E-state index contributed by atoms with van der Waals surface area (Å²) in [5.41, 5.74) is 0.562. The molecule has 0 saturated carbocycles. The Bertz CT molecular complexity index is 364. The highest BCUT2D eigenvalue weighted by molar-refractivity contribution is 6.34. The van der Waals surface area contributed by atoms with Crippen molar-refractivity contribution in [3.05, 3.63) is 34.9 Å².